The lowest BCUT2D eigenvalue weighted by Crippen LogP contribution is -2.36. The zero-order chi connectivity index (χ0) is 12.7. The van der Waals surface area contributed by atoms with Crippen molar-refractivity contribution in [1.29, 1.82) is 5.26 Å². The van der Waals surface area contributed by atoms with Gasteiger partial charge in [0.1, 0.15) is 0 Å². The molecule has 0 aliphatic rings. The van der Waals surface area contributed by atoms with Gasteiger partial charge in [0.2, 0.25) is 0 Å². The summed E-state index contributed by atoms with van der Waals surface area (Å²) in [6, 6.07) is 12.4. The van der Waals surface area contributed by atoms with Gasteiger partial charge in [0.05, 0.1) is 12.5 Å². The van der Waals surface area contributed by atoms with Crippen LogP contribution in [0.2, 0.25) is 0 Å². The summed E-state index contributed by atoms with van der Waals surface area (Å²) < 4.78 is 0. The van der Waals surface area contributed by atoms with Crippen LogP contribution in [0.5, 0.6) is 0 Å². The van der Waals surface area contributed by atoms with Gasteiger partial charge in [-0.3, -0.25) is 0 Å². The number of aliphatic hydroxyl groups is 1. The van der Waals surface area contributed by atoms with Crippen LogP contribution >= 0.6 is 0 Å². The molecule has 1 aromatic carbocycles. The molecule has 17 heavy (non-hydrogen) atoms. The van der Waals surface area contributed by atoms with E-state index in [2.05, 4.69) is 11.4 Å². The maximum Gasteiger partial charge on any atom is 0.0641 e. The zero-order valence-corrected chi connectivity index (χ0v) is 10.4. The SMILES string of the molecule is CC(CO)C(C)NC(CC#N)c1ccccc1. The van der Waals surface area contributed by atoms with Crippen molar-refractivity contribution in [2.75, 3.05) is 6.61 Å². The summed E-state index contributed by atoms with van der Waals surface area (Å²) >= 11 is 0. The van der Waals surface area contributed by atoms with Gasteiger partial charge in [0.15, 0.2) is 0 Å². The number of nitrogens with zero attached hydrogens (tertiary/aromatic N) is 1. The first kappa shape index (κ1) is 13.7. The molecule has 0 bridgehead atoms. The predicted octanol–water partition coefficient (Wildman–Crippen LogP) is 2.25. The maximum atomic E-state index is 9.11. The van der Waals surface area contributed by atoms with Crippen molar-refractivity contribution in [1.82, 2.24) is 5.32 Å². The molecule has 3 nitrogen and oxygen atoms in total. The molecule has 1 rings (SSSR count). The van der Waals surface area contributed by atoms with Gasteiger partial charge >= 0.3 is 0 Å². The molecule has 0 saturated heterocycles. The Morgan fingerprint density at radius 3 is 2.47 bits per heavy atom. The van der Waals surface area contributed by atoms with Crippen molar-refractivity contribution in [2.45, 2.75) is 32.4 Å². The minimum Gasteiger partial charge on any atom is -0.396 e. The topological polar surface area (TPSA) is 56.0 Å². The van der Waals surface area contributed by atoms with E-state index in [4.69, 9.17) is 10.4 Å². The first-order valence-electron chi connectivity index (χ1n) is 5.97. The fraction of sp³-hybridized carbons (Fsp3) is 0.500. The molecule has 0 amide bonds. The Labute approximate surface area is 103 Å². The van der Waals surface area contributed by atoms with E-state index in [1.165, 1.54) is 0 Å². The largest absolute Gasteiger partial charge is 0.396 e. The normalized spacial score (nSPS) is 15.9. The molecule has 3 atom stereocenters. The van der Waals surface area contributed by atoms with Gasteiger partial charge in [-0.1, -0.05) is 37.3 Å². The highest BCUT2D eigenvalue weighted by Crippen LogP contribution is 2.18. The highest BCUT2D eigenvalue weighted by Gasteiger charge is 2.17. The number of nitrogens with one attached hydrogen (secondary N) is 1. The van der Waals surface area contributed by atoms with E-state index in [0.29, 0.717) is 6.42 Å². The summed E-state index contributed by atoms with van der Waals surface area (Å²) in [6.45, 7) is 4.18. The van der Waals surface area contributed by atoms with Crippen molar-refractivity contribution in [3.8, 4) is 6.07 Å². The second-order valence-corrected chi connectivity index (χ2v) is 4.44. The lowest BCUT2D eigenvalue weighted by Gasteiger charge is -2.25. The van der Waals surface area contributed by atoms with E-state index in [1.54, 1.807) is 0 Å². The van der Waals surface area contributed by atoms with E-state index in [0.717, 1.165) is 5.56 Å². The lowest BCUT2D eigenvalue weighted by atomic mass is 9.99. The molecule has 0 aliphatic heterocycles. The smallest absolute Gasteiger partial charge is 0.0641 e. The van der Waals surface area contributed by atoms with Gasteiger partial charge in [0.25, 0.3) is 0 Å². The van der Waals surface area contributed by atoms with Crippen LogP contribution in [0, 0.1) is 17.2 Å². The molecular formula is C14H20N2O. The summed E-state index contributed by atoms with van der Waals surface area (Å²) in [5, 5.41) is 21.4. The minimum atomic E-state index is 0.0326. The molecule has 0 fully saturated rings. The third-order valence-electron chi connectivity index (χ3n) is 3.10. The van der Waals surface area contributed by atoms with Crippen LogP contribution < -0.4 is 5.32 Å². The molecule has 1 aromatic rings. The minimum absolute atomic E-state index is 0.0326. The molecule has 92 valence electrons. The molecule has 0 aromatic heterocycles. The van der Waals surface area contributed by atoms with E-state index in [1.807, 2.05) is 44.2 Å². The van der Waals surface area contributed by atoms with Gasteiger partial charge in [-0.05, 0) is 18.4 Å². The summed E-state index contributed by atoms with van der Waals surface area (Å²) in [6.07, 6.45) is 0.437. The summed E-state index contributed by atoms with van der Waals surface area (Å²) in [5.41, 5.74) is 1.12. The first-order valence-corrected chi connectivity index (χ1v) is 5.97. The Morgan fingerprint density at radius 2 is 1.94 bits per heavy atom. The number of hydrogen-bond donors (Lipinski definition) is 2. The first-order chi connectivity index (χ1) is 8.19. The van der Waals surface area contributed by atoms with Crippen LogP contribution in [-0.2, 0) is 0 Å². The van der Waals surface area contributed by atoms with Crippen LogP contribution in [-0.4, -0.2) is 17.8 Å². The molecule has 0 spiro atoms. The zero-order valence-electron chi connectivity index (χ0n) is 10.4. The molecular weight excluding hydrogens is 212 g/mol. The van der Waals surface area contributed by atoms with Gasteiger partial charge in [0, 0.05) is 18.7 Å². The van der Waals surface area contributed by atoms with Crippen LogP contribution in [0.4, 0.5) is 0 Å². The van der Waals surface area contributed by atoms with Crippen molar-refractivity contribution in [3.63, 3.8) is 0 Å². The monoisotopic (exact) mass is 232 g/mol. The van der Waals surface area contributed by atoms with Crippen LogP contribution in [0.25, 0.3) is 0 Å². The Morgan fingerprint density at radius 1 is 1.29 bits per heavy atom. The van der Waals surface area contributed by atoms with Crippen LogP contribution in [0.15, 0.2) is 30.3 Å². The predicted molar refractivity (Wildman–Crippen MR) is 68.3 cm³/mol. The summed E-state index contributed by atoms with van der Waals surface area (Å²) in [4.78, 5) is 0. The number of rotatable bonds is 6. The molecule has 3 unspecified atom stereocenters. The van der Waals surface area contributed by atoms with Crippen molar-refractivity contribution in [3.05, 3.63) is 35.9 Å². The van der Waals surface area contributed by atoms with E-state index >= 15 is 0 Å². The van der Waals surface area contributed by atoms with Crippen molar-refractivity contribution >= 4 is 0 Å². The second kappa shape index (κ2) is 7.05. The summed E-state index contributed by atoms with van der Waals surface area (Å²) in [5.74, 6) is 0.180. The second-order valence-electron chi connectivity index (χ2n) is 4.44. The Bertz CT molecular complexity index is 358. The van der Waals surface area contributed by atoms with Gasteiger partial charge in [-0.15, -0.1) is 0 Å². The summed E-state index contributed by atoms with van der Waals surface area (Å²) in [7, 11) is 0. The van der Waals surface area contributed by atoms with E-state index < -0.39 is 0 Å². The highest BCUT2D eigenvalue weighted by molar-refractivity contribution is 5.20. The van der Waals surface area contributed by atoms with Gasteiger partial charge in [-0.25, -0.2) is 0 Å². The maximum absolute atomic E-state index is 9.11. The fourth-order valence-electron chi connectivity index (χ4n) is 1.69. The average molecular weight is 232 g/mol. The standard InChI is InChI=1S/C14H20N2O/c1-11(10-17)12(2)16-14(8-9-15)13-6-4-3-5-7-13/h3-7,11-12,14,16-17H,8,10H2,1-2H3. The number of benzene rings is 1. The molecule has 0 radical (unpaired) electrons. The highest BCUT2D eigenvalue weighted by atomic mass is 16.3. The molecule has 0 heterocycles. The van der Waals surface area contributed by atoms with Gasteiger partial charge in [-0.2, -0.15) is 5.26 Å². The average Bonchev–Trinajstić information content (AvgIpc) is 2.38. The third kappa shape index (κ3) is 4.18. The third-order valence-corrected chi connectivity index (χ3v) is 3.10. The van der Waals surface area contributed by atoms with Gasteiger partial charge < -0.3 is 10.4 Å². The quantitative estimate of drug-likeness (QED) is 0.791. The van der Waals surface area contributed by atoms with E-state index in [9.17, 15) is 0 Å². The Kier molecular flexibility index (Phi) is 5.68. The van der Waals surface area contributed by atoms with Crippen molar-refractivity contribution in [2.24, 2.45) is 5.92 Å². The number of nitriles is 1. The Balaban J connectivity index is 2.71. The van der Waals surface area contributed by atoms with Crippen LogP contribution in [0.3, 0.4) is 0 Å². The number of hydrogen-bond acceptors (Lipinski definition) is 3. The molecule has 2 N–H and O–H groups in total. The van der Waals surface area contributed by atoms with Crippen molar-refractivity contribution < 1.29 is 5.11 Å². The Hall–Kier alpha value is -1.37. The fourth-order valence-corrected chi connectivity index (χ4v) is 1.69. The molecule has 3 heteroatoms. The number of aliphatic hydroxyl groups excluding tert-OH is 1. The van der Waals surface area contributed by atoms with Crippen LogP contribution in [0.1, 0.15) is 31.9 Å². The van der Waals surface area contributed by atoms with E-state index in [-0.39, 0.29) is 24.6 Å². The molecule has 0 saturated carbocycles. The lowest BCUT2D eigenvalue weighted by molar-refractivity contribution is 0.201. The molecule has 0 aliphatic carbocycles.